The van der Waals surface area contributed by atoms with Gasteiger partial charge in [0.1, 0.15) is 11.9 Å². The lowest BCUT2D eigenvalue weighted by Crippen LogP contribution is -2.48. The molecule has 0 spiro atoms. The second-order valence-electron chi connectivity index (χ2n) is 7.58. The minimum Gasteiger partial charge on any atom is -0.480 e. The minimum absolute atomic E-state index is 0.115. The first-order valence-electron chi connectivity index (χ1n) is 10.1. The van der Waals surface area contributed by atoms with Crippen LogP contribution in [0.25, 0.3) is 0 Å². The number of nitrogen functional groups attached to an aromatic ring is 2. The lowest BCUT2D eigenvalue weighted by Gasteiger charge is -2.16. The number of rotatable bonds is 10. The summed E-state index contributed by atoms with van der Waals surface area (Å²) < 4.78 is 4.91. The molecule has 0 saturated heterocycles. The number of carbonyl (C=O) groups is 3. The van der Waals surface area contributed by atoms with Crippen LogP contribution in [0, 0.1) is 5.92 Å². The molecule has 172 valence electrons. The molecular weight excluding hydrogens is 416 g/mol. The molecule has 0 aliphatic carbocycles. The van der Waals surface area contributed by atoms with Gasteiger partial charge in [0.2, 0.25) is 5.95 Å². The zero-order valence-electron chi connectivity index (χ0n) is 18.0. The molecule has 0 saturated carbocycles. The number of nitrogens with one attached hydrogen (secondary N) is 2. The van der Waals surface area contributed by atoms with Crippen LogP contribution < -0.4 is 22.1 Å². The minimum atomic E-state index is -1.31. The van der Waals surface area contributed by atoms with Crippen molar-refractivity contribution >= 4 is 29.7 Å². The van der Waals surface area contributed by atoms with E-state index in [0.717, 1.165) is 11.3 Å². The van der Waals surface area contributed by atoms with E-state index in [9.17, 15) is 19.5 Å². The molecule has 1 unspecified atom stereocenters. The fraction of sp³-hybridized carbons (Fsp3) is 0.381. The van der Waals surface area contributed by atoms with Crippen molar-refractivity contribution in [3.63, 3.8) is 0 Å². The van der Waals surface area contributed by atoms with Gasteiger partial charge in [-0.15, -0.1) is 0 Å². The number of amides is 2. The van der Waals surface area contributed by atoms with Gasteiger partial charge in [0.05, 0.1) is 6.61 Å². The number of hydrogen-bond donors (Lipinski definition) is 5. The van der Waals surface area contributed by atoms with Crippen LogP contribution in [-0.2, 0) is 22.4 Å². The van der Waals surface area contributed by atoms with Gasteiger partial charge < -0.3 is 31.9 Å². The zero-order valence-corrected chi connectivity index (χ0v) is 18.0. The third kappa shape index (κ3) is 8.09. The number of carboxylic acid groups (broad SMARTS) is 1. The molecule has 0 radical (unpaired) electrons. The van der Waals surface area contributed by atoms with E-state index in [1.54, 1.807) is 30.3 Å². The number of aryl methyl sites for hydroxylation is 2. The Kier molecular flexibility index (Phi) is 8.75. The standard InChI is InChI=1S/C21H28N6O5/c1-12(2)11-32-21(31)26-16(19(29)30)10-24-18(28)14-6-3-13(4-7-14)5-8-15-9-17(22)27-20(23)25-15/h3-4,6-7,9,12,16H,5,8,10-11H2,1-2H3,(H,24,28)(H,26,31)(H,29,30)(H4,22,23,25,27). The number of hydrogen-bond acceptors (Lipinski definition) is 8. The average molecular weight is 444 g/mol. The van der Waals surface area contributed by atoms with Gasteiger partial charge in [0, 0.05) is 23.9 Å². The highest BCUT2D eigenvalue weighted by Gasteiger charge is 2.22. The Morgan fingerprint density at radius 1 is 1.09 bits per heavy atom. The van der Waals surface area contributed by atoms with Crippen molar-refractivity contribution in [3.05, 3.63) is 47.2 Å². The van der Waals surface area contributed by atoms with Gasteiger partial charge in [-0.05, 0) is 36.5 Å². The predicted molar refractivity (Wildman–Crippen MR) is 118 cm³/mol. The number of nitrogens with two attached hydrogens (primary N) is 2. The topological polar surface area (TPSA) is 183 Å². The molecule has 11 nitrogen and oxygen atoms in total. The molecule has 0 fully saturated rings. The first-order chi connectivity index (χ1) is 15.1. The van der Waals surface area contributed by atoms with Crippen molar-refractivity contribution in [2.75, 3.05) is 24.6 Å². The highest BCUT2D eigenvalue weighted by molar-refractivity contribution is 5.94. The number of anilines is 2. The lowest BCUT2D eigenvalue weighted by atomic mass is 10.1. The van der Waals surface area contributed by atoms with Gasteiger partial charge in [-0.1, -0.05) is 26.0 Å². The van der Waals surface area contributed by atoms with E-state index in [4.69, 9.17) is 16.2 Å². The molecule has 0 aliphatic rings. The Bertz CT molecular complexity index is 928. The first kappa shape index (κ1) is 24.4. The molecule has 2 rings (SSSR count). The number of carbonyl (C=O) groups excluding carboxylic acids is 2. The first-order valence-corrected chi connectivity index (χ1v) is 10.1. The highest BCUT2D eigenvalue weighted by atomic mass is 16.5. The number of carboxylic acids is 1. The maximum atomic E-state index is 12.3. The third-order valence-corrected chi connectivity index (χ3v) is 4.31. The van der Waals surface area contributed by atoms with Crippen LogP contribution in [0.5, 0.6) is 0 Å². The summed E-state index contributed by atoms with van der Waals surface area (Å²) in [5, 5.41) is 14.0. The molecule has 32 heavy (non-hydrogen) atoms. The molecule has 2 aromatic rings. The summed E-state index contributed by atoms with van der Waals surface area (Å²) in [6.45, 7) is 3.59. The molecule has 1 aromatic carbocycles. The zero-order chi connectivity index (χ0) is 23.7. The predicted octanol–water partition coefficient (Wildman–Crippen LogP) is 0.991. The smallest absolute Gasteiger partial charge is 0.407 e. The van der Waals surface area contributed by atoms with Gasteiger partial charge in [-0.3, -0.25) is 4.79 Å². The highest BCUT2D eigenvalue weighted by Crippen LogP contribution is 2.11. The third-order valence-electron chi connectivity index (χ3n) is 4.31. The summed E-state index contributed by atoms with van der Waals surface area (Å²) >= 11 is 0. The van der Waals surface area contributed by atoms with Crippen LogP contribution in [0.1, 0.15) is 35.5 Å². The van der Waals surface area contributed by atoms with Gasteiger partial charge in [0.15, 0.2) is 0 Å². The Morgan fingerprint density at radius 2 is 1.78 bits per heavy atom. The van der Waals surface area contributed by atoms with Crippen molar-refractivity contribution in [3.8, 4) is 0 Å². The SMILES string of the molecule is CC(C)COC(=O)NC(CNC(=O)c1ccc(CCc2cc(N)nc(N)n2)cc1)C(=O)O. The normalized spacial score (nSPS) is 11.6. The summed E-state index contributed by atoms with van der Waals surface area (Å²) in [7, 11) is 0. The molecule has 11 heteroatoms. The van der Waals surface area contributed by atoms with E-state index in [0.29, 0.717) is 24.2 Å². The molecular formula is C21H28N6O5. The Balaban J connectivity index is 1.86. The van der Waals surface area contributed by atoms with Crippen LogP contribution in [-0.4, -0.2) is 52.2 Å². The summed E-state index contributed by atoms with van der Waals surface area (Å²) in [5.41, 5.74) is 13.3. The number of ether oxygens (including phenoxy) is 1. The van der Waals surface area contributed by atoms with Crippen LogP contribution >= 0.6 is 0 Å². The largest absolute Gasteiger partial charge is 0.480 e. The Hall–Kier alpha value is -3.89. The van der Waals surface area contributed by atoms with Gasteiger partial charge in [-0.25, -0.2) is 14.6 Å². The summed E-state index contributed by atoms with van der Waals surface area (Å²) in [5.74, 6) is -1.20. The van der Waals surface area contributed by atoms with Crippen molar-refractivity contribution < 1.29 is 24.2 Å². The number of benzene rings is 1. The van der Waals surface area contributed by atoms with Crippen LogP contribution in [0.15, 0.2) is 30.3 Å². The summed E-state index contributed by atoms with van der Waals surface area (Å²) in [6.07, 6.45) is 0.403. The van der Waals surface area contributed by atoms with Crippen LogP contribution in [0.2, 0.25) is 0 Å². The lowest BCUT2D eigenvalue weighted by molar-refractivity contribution is -0.139. The monoisotopic (exact) mass is 444 g/mol. The Labute approximate surface area is 185 Å². The van der Waals surface area contributed by atoms with Gasteiger partial charge >= 0.3 is 12.1 Å². The molecule has 1 aromatic heterocycles. The van der Waals surface area contributed by atoms with Crippen LogP contribution in [0.4, 0.5) is 16.6 Å². The fourth-order valence-corrected chi connectivity index (χ4v) is 2.69. The molecule has 2 amide bonds. The van der Waals surface area contributed by atoms with Gasteiger partial charge in [0.25, 0.3) is 5.91 Å². The Morgan fingerprint density at radius 3 is 2.38 bits per heavy atom. The maximum Gasteiger partial charge on any atom is 0.407 e. The van der Waals surface area contributed by atoms with E-state index in [1.807, 2.05) is 13.8 Å². The quantitative estimate of drug-likeness (QED) is 0.357. The van der Waals surface area contributed by atoms with E-state index in [2.05, 4.69) is 20.6 Å². The fourth-order valence-electron chi connectivity index (χ4n) is 2.69. The number of alkyl carbamates (subject to hydrolysis) is 1. The van der Waals surface area contributed by atoms with E-state index in [1.165, 1.54) is 0 Å². The molecule has 1 heterocycles. The van der Waals surface area contributed by atoms with E-state index >= 15 is 0 Å². The van der Waals surface area contributed by atoms with Crippen molar-refractivity contribution in [1.29, 1.82) is 0 Å². The number of aromatic nitrogens is 2. The van der Waals surface area contributed by atoms with Crippen molar-refractivity contribution in [1.82, 2.24) is 20.6 Å². The van der Waals surface area contributed by atoms with E-state index in [-0.39, 0.29) is 25.0 Å². The molecule has 7 N–H and O–H groups in total. The second kappa shape index (κ2) is 11.5. The maximum absolute atomic E-state index is 12.3. The van der Waals surface area contributed by atoms with Crippen LogP contribution in [0.3, 0.4) is 0 Å². The summed E-state index contributed by atoms with van der Waals surface area (Å²) in [6, 6.07) is 7.19. The van der Waals surface area contributed by atoms with Crippen molar-refractivity contribution in [2.24, 2.45) is 5.92 Å². The van der Waals surface area contributed by atoms with Gasteiger partial charge in [-0.2, -0.15) is 4.98 Å². The van der Waals surface area contributed by atoms with Crippen molar-refractivity contribution in [2.45, 2.75) is 32.7 Å². The number of nitrogens with zero attached hydrogens (tertiary/aromatic N) is 2. The molecule has 0 aliphatic heterocycles. The second-order valence-corrected chi connectivity index (χ2v) is 7.58. The number of aliphatic carboxylic acids is 1. The summed E-state index contributed by atoms with van der Waals surface area (Å²) in [4.78, 5) is 43.3. The van der Waals surface area contributed by atoms with E-state index < -0.39 is 24.0 Å². The average Bonchev–Trinajstić information content (AvgIpc) is 2.73. The molecule has 0 bridgehead atoms. The molecule has 1 atom stereocenters.